The van der Waals surface area contributed by atoms with E-state index in [1.165, 1.54) is 19.5 Å². The van der Waals surface area contributed by atoms with Crippen LogP contribution in [0.2, 0.25) is 0 Å². The molecule has 1 atom stereocenters. The van der Waals surface area contributed by atoms with Crippen molar-refractivity contribution in [2.75, 3.05) is 20.3 Å². The highest BCUT2D eigenvalue weighted by Crippen LogP contribution is 2.21. The van der Waals surface area contributed by atoms with Crippen LogP contribution in [0.3, 0.4) is 0 Å². The summed E-state index contributed by atoms with van der Waals surface area (Å²) >= 11 is 0. The van der Waals surface area contributed by atoms with Gasteiger partial charge in [-0.15, -0.1) is 0 Å². The van der Waals surface area contributed by atoms with Gasteiger partial charge in [-0.2, -0.15) is 0 Å². The summed E-state index contributed by atoms with van der Waals surface area (Å²) in [6.45, 7) is 3.27. The maximum atomic E-state index is 9.87. The van der Waals surface area contributed by atoms with Crippen molar-refractivity contribution in [1.82, 2.24) is 9.97 Å². The molecule has 0 aliphatic heterocycles. The molecule has 0 amide bonds. The number of nitrogens with zero attached hydrogens (tertiary/aromatic N) is 2. The summed E-state index contributed by atoms with van der Waals surface area (Å²) in [5.74, 6) is 0.366. The average molecular weight is 226 g/mol. The Kier molecular flexibility index (Phi) is 5.74. The van der Waals surface area contributed by atoms with Crippen molar-refractivity contribution in [2.24, 2.45) is 0 Å². The third-order valence-corrected chi connectivity index (χ3v) is 2.08. The minimum Gasteiger partial charge on any atom is -0.480 e. The first-order chi connectivity index (χ1) is 7.79. The zero-order chi connectivity index (χ0) is 11.8. The molecule has 0 saturated heterocycles. The molecule has 0 aromatic carbocycles. The number of aliphatic hydroxyl groups excluding tert-OH is 1. The van der Waals surface area contributed by atoms with Crippen molar-refractivity contribution >= 4 is 0 Å². The molecule has 1 aromatic rings. The van der Waals surface area contributed by atoms with E-state index in [0.29, 0.717) is 31.2 Å². The van der Waals surface area contributed by atoms with Gasteiger partial charge in [-0.25, -0.2) is 4.98 Å². The molecule has 1 unspecified atom stereocenters. The van der Waals surface area contributed by atoms with Gasteiger partial charge in [0.1, 0.15) is 11.8 Å². The Balaban J connectivity index is 2.48. The van der Waals surface area contributed by atoms with E-state index in [-0.39, 0.29) is 0 Å². The van der Waals surface area contributed by atoms with E-state index in [1.807, 2.05) is 6.92 Å². The molecule has 1 N–H and O–H groups in total. The van der Waals surface area contributed by atoms with Gasteiger partial charge in [0, 0.05) is 32.0 Å². The molecule has 0 aliphatic rings. The van der Waals surface area contributed by atoms with Gasteiger partial charge in [0.05, 0.1) is 7.11 Å². The van der Waals surface area contributed by atoms with Gasteiger partial charge in [-0.1, -0.05) is 6.92 Å². The second-order valence-corrected chi connectivity index (χ2v) is 3.37. The summed E-state index contributed by atoms with van der Waals surface area (Å²) in [6, 6.07) is 0. The lowest BCUT2D eigenvalue weighted by Gasteiger charge is -2.12. The fraction of sp³-hybridized carbons (Fsp3) is 0.636. The molecule has 0 spiro atoms. The molecule has 0 fully saturated rings. The van der Waals surface area contributed by atoms with Crippen molar-refractivity contribution in [3.63, 3.8) is 0 Å². The summed E-state index contributed by atoms with van der Waals surface area (Å²) in [4.78, 5) is 8.03. The fourth-order valence-corrected chi connectivity index (χ4v) is 1.30. The van der Waals surface area contributed by atoms with Crippen LogP contribution in [0.1, 0.15) is 31.6 Å². The van der Waals surface area contributed by atoms with Crippen LogP contribution in [0.5, 0.6) is 5.88 Å². The van der Waals surface area contributed by atoms with E-state index in [9.17, 15) is 5.11 Å². The fourth-order valence-electron chi connectivity index (χ4n) is 1.30. The zero-order valence-electron chi connectivity index (χ0n) is 9.72. The Morgan fingerprint density at radius 3 is 2.75 bits per heavy atom. The Hall–Kier alpha value is -1.20. The summed E-state index contributed by atoms with van der Waals surface area (Å²) in [6.07, 6.45) is 3.84. The molecule has 0 aliphatic carbocycles. The van der Waals surface area contributed by atoms with Gasteiger partial charge in [-0.3, -0.25) is 4.98 Å². The molecule has 1 heterocycles. The minimum atomic E-state index is -0.694. The van der Waals surface area contributed by atoms with Gasteiger partial charge < -0.3 is 14.6 Å². The monoisotopic (exact) mass is 226 g/mol. The van der Waals surface area contributed by atoms with Crippen LogP contribution in [-0.4, -0.2) is 35.4 Å². The average Bonchev–Trinajstić information content (AvgIpc) is 2.34. The van der Waals surface area contributed by atoms with Crippen LogP contribution in [0.4, 0.5) is 0 Å². The van der Waals surface area contributed by atoms with E-state index in [2.05, 4.69) is 9.97 Å². The van der Waals surface area contributed by atoms with Crippen molar-refractivity contribution in [2.45, 2.75) is 25.9 Å². The second-order valence-electron chi connectivity index (χ2n) is 3.37. The molecule has 5 heteroatoms. The van der Waals surface area contributed by atoms with Crippen LogP contribution >= 0.6 is 0 Å². The van der Waals surface area contributed by atoms with Crippen molar-refractivity contribution in [1.29, 1.82) is 0 Å². The Morgan fingerprint density at radius 1 is 1.31 bits per heavy atom. The predicted octanol–water partition coefficient (Wildman–Crippen LogP) is 1.34. The van der Waals surface area contributed by atoms with Gasteiger partial charge >= 0.3 is 0 Å². The van der Waals surface area contributed by atoms with Gasteiger partial charge in [0.25, 0.3) is 0 Å². The van der Waals surface area contributed by atoms with Crippen LogP contribution in [0.25, 0.3) is 0 Å². The summed E-state index contributed by atoms with van der Waals surface area (Å²) in [5, 5.41) is 9.87. The number of methoxy groups -OCH3 is 1. The number of aromatic nitrogens is 2. The second kappa shape index (κ2) is 7.14. The maximum Gasteiger partial charge on any atom is 0.238 e. The maximum absolute atomic E-state index is 9.87. The first-order valence-electron chi connectivity index (χ1n) is 5.40. The Bertz CT molecular complexity index is 307. The largest absolute Gasteiger partial charge is 0.480 e. The lowest BCUT2D eigenvalue weighted by atomic mass is 10.2. The Labute approximate surface area is 95.4 Å². The summed E-state index contributed by atoms with van der Waals surface area (Å²) in [5.41, 5.74) is 0.463. The highest BCUT2D eigenvalue weighted by atomic mass is 16.5. The molecule has 90 valence electrons. The van der Waals surface area contributed by atoms with Crippen LogP contribution in [0.15, 0.2) is 12.4 Å². The van der Waals surface area contributed by atoms with Gasteiger partial charge in [0.15, 0.2) is 0 Å². The van der Waals surface area contributed by atoms with E-state index < -0.39 is 6.10 Å². The Morgan fingerprint density at radius 2 is 2.06 bits per heavy atom. The van der Waals surface area contributed by atoms with E-state index in [1.54, 1.807) is 0 Å². The van der Waals surface area contributed by atoms with Crippen LogP contribution < -0.4 is 4.74 Å². The smallest absolute Gasteiger partial charge is 0.238 e. The van der Waals surface area contributed by atoms with Crippen molar-refractivity contribution < 1.29 is 14.6 Å². The number of hydrogen-bond acceptors (Lipinski definition) is 5. The lowest BCUT2D eigenvalue weighted by Crippen LogP contribution is -2.08. The van der Waals surface area contributed by atoms with Crippen LogP contribution in [0, 0.1) is 0 Å². The zero-order valence-corrected chi connectivity index (χ0v) is 9.72. The van der Waals surface area contributed by atoms with Crippen LogP contribution in [-0.2, 0) is 4.74 Å². The molecule has 0 bridgehead atoms. The lowest BCUT2D eigenvalue weighted by molar-refractivity contribution is 0.0787. The molecule has 0 saturated carbocycles. The highest BCUT2D eigenvalue weighted by Gasteiger charge is 2.15. The molecule has 0 radical (unpaired) electrons. The van der Waals surface area contributed by atoms with Gasteiger partial charge in [-0.05, 0) is 6.42 Å². The number of aliphatic hydroxyl groups is 1. The van der Waals surface area contributed by atoms with E-state index in [4.69, 9.17) is 9.47 Å². The first kappa shape index (κ1) is 12.9. The molecule has 1 aromatic heterocycles. The third kappa shape index (κ3) is 3.75. The topological polar surface area (TPSA) is 64.5 Å². The normalized spacial score (nSPS) is 12.4. The standard InChI is InChI=1S/C11H18N2O3/c1-3-7-16-8-4-9(14)10-11(15-2)13-6-5-12-10/h5-6,9,14H,3-4,7-8H2,1-2H3. The molecular formula is C11H18N2O3. The minimum absolute atomic E-state index is 0.366. The molecule has 1 rings (SSSR count). The van der Waals surface area contributed by atoms with Gasteiger partial charge in [0.2, 0.25) is 5.88 Å². The molecular weight excluding hydrogens is 208 g/mol. The number of ether oxygens (including phenoxy) is 2. The summed E-state index contributed by atoms with van der Waals surface area (Å²) < 4.78 is 10.3. The SMILES string of the molecule is CCCOCCC(O)c1nccnc1OC. The quantitative estimate of drug-likeness (QED) is 0.711. The number of hydrogen-bond donors (Lipinski definition) is 1. The first-order valence-corrected chi connectivity index (χ1v) is 5.40. The molecule has 16 heavy (non-hydrogen) atoms. The van der Waals surface area contributed by atoms with E-state index in [0.717, 1.165) is 6.42 Å². The van der Waals surface area contributed by atoms with E-state index >= 15 is 0 Å². The summed E-state index contributed by atoms with van der Waals surface area (Å²) in [7, 11) is 1.51. The third-order valence-electron chi connectivity index (χ3n) is 2.08. The number of rotatable bonds is 7. The predicted molar refractivity (Wildman–Crippen MR) is 59.3 cm³/mol. The van der Waals surface area contributed by atoms with Crippen molar-refractivity contribution in [3.8, 4) is 5.88 Å². The molecule has 5 nitrogen and oxygen atoms in total. The van der Waals surface area contributed by atoms with Crippen molar-refractivity contribution in [3.05, 3.63) is 18.1 Å². The highest BCUT2D eigenvalue weighted by molar-refractivity contribution is 5.19.